The second-order valence-electron chi connectivity index (χ2n) is 6.83. The van der Waals surface area contributed by atoms with Crippen molar-refractivity contribution in [3.63, 3.8) is 0 Å². The van der Waals surface area contributed by atoms with Gasteiger partial charge in [0.25, 0.3) is 11.8 Å². The number of carbonyl (C=O) groups is 2. The quantitative estimate of drug-likeness (QED) is 0.777. The summed E-state index contributed by atoms with van der Waals surface area (Å²) in [5.74, 6) is -3.14. The Kier molecular flexibility index (Phi) is 4.26. The molecule has 2 amide bonds. The fraction of sp³-hybridized carbons (Fsp3) is 0.238. The number of benzene rings is 2. The average molecular weight is 368 g/mol. The zero-order chi connectivity index (χ0) is 19.1. The summed E-state index contributed by atoms with van der Waals surface area (Å²) < 4.78 is 27.0. The Morgan fingerprint density at radius 1 is 0.852 bits per heavy atom. The monoisotopic (exact) mass is 368 g/mol. The first kappa shape index (κ1) is 17.4. The number of imide groups is 1. The van der Waals surface area contributed by atoms with Crippen LogP contribution in [0.5, 0.6) is 0 Å². The van der Waals surface area contributed by atoms with Gasteiger partial charge in [-0.1, -0.05) is 29.8 Å². The van der Waals surface area contributed by atoms with Gasteiger partial charge in [-0.2, -0.15) is 0 Å². The normalized spacial score (nSPS) is 17.4. The Balaban J connectivity index is 1.83. The molecule has 2 heterocycles. The van der Waals surface area contributed by atoms with E-state index < -0.39 is 23.4 Å². The van der Waals surface area contributed by atoms with E-state index in [1.54, 1.807) is 12.1 Å². The molecule has 138 valence electrons. The third kappa shape index (κ3) is 2.91. The van der Waals surface area contributed by atoms with Crippen molar-refractivity contribution >= 4 is 23.1 Å². The molecule has 6 heteroatoms. The molecule has 0 atom stereocenters. The van der Waals surface area contributed by atoms with Gasteiger partial charge in [0.05, 0.1) is 11.3 Å². The van der Waals surface area contributed by atoms with Crippen molar-refractivity contribution in [1.82, 2.24) is 4.90 Å². The number of rotatable bonds is 3. The first-order valence-corrected chi connectivity index (χ1v) is 8.87. The molecular weight excluding hydrogens is 350 g/mol. The van der Waals surface area contributed by atoms with Crippen LogP contribution in [0, 0.1) is 18.6 Å². The largest absolute Gasteiger partial charge is 0.366 e. The van der Waals surface area contributed by atoms with E-state index in [0.29, 0.717) is 29.9 Å². The Hall–Kier alpha value is -3.02. The smallest absolute Gasteiger partial charge is 0.282 e. The van der Waals surface area contributed by atoms with Gasteiger partial charge in [0.2, 0.25) is 0 Å². The maximum absolute atomic E-state index is 13.7. The van der Waals surface area contributed by atoms with Crippen molar-refractivity contribution in [3.05, 3.63) is 70.9 Å². The summed E-state index contributed by atoms with van der Waals surface area (Å²) in [5.41, 5.74) is 2.36. The first-order chi connectivity index (χ1) is 13.0. The minimum Gasteiger partial charge on any atom is -0.366 e. The van der Waals surface area contributed by atoms with E-state index in [-0.39, 0.29) is 5.69 Å². The molecule has 0 aliphatic carbocycles. The van der Waals surface area contributed by atoms with Crippen molar-refractivity contribution in [2.45, 2.75) is 19.8 Å². The Bertz CT molecular complexity index is 961. The lowest BCUT2D eigenvalue weighted by atomic mass is 10.0. The van der Waals surface area contributed by atoms with Gasteiger partial charge in [-0.05, 0) is 37.5 Å². The molecule has 4 nitrogen and oxygen atoms in total. The van der Waals surface area contributed by atoms with Gasteiger partial charge in [-0.15, -0.1) is 0 Å². The molecule has 2 aromatic carbocycles. The highest BCUT2D eigenvalue weighted by Gasteiger charge is 2.43. The van der Waals surface area contributed by atoms with E-state index in [1.165, 1.54) is 6.07 Å². The molecule has 1 saturated heterocycles. The van der Waals surface area contributed by atoms with Crippen LogP contribution in [0.4, 0.5) is 14.5 Å². The summed E-state index contributed by atoms with van der Waals surface area (Å²) in [6, 6.07) is 10.4. The molecule has 0 saturated carbocycles. The van der Waals surface area contributed by atoms with E-state index in [4.69, 9.17) is 0 Å². The van der Waals surface area contributed by atoms with E-state index in [9.17, 15) is 18.4 Å². The minimum atomic E-state index is -1.10. The standard InChI is InChI=1S/C21H18F2N2O2/c1-13-4-6-14(7-5-13)18-19(24-10-2-3-11-24)21(27)25(20(18)26)15-8-9-16(22)17(23)12-15/h4-9,12H,2-3,10-11H2,1H3. The Morgan fingerprint density at radius 3 is 2.15 bits per heavy atom. The Morgan fingerprint density at radius 2 is 1.52 bits per heavy atom. The van der Waals surface area contributed by atoms with E-state index in [0.717, 1.165) is 35.4 Å². The van der Waals surface area contributed by atoms with Crippen LogP contribution >= 0.6 is 0 Å². The molecule has 0 bridgehead atoms. The first-order valence-electron chi connectivity index (χ1n) is 8.87. The number of nitrogens with zero attached hydrogens (tertiary/aromatic N) is 2. The van der Waals surface area contributed by atoms with Gasteiger partial charge >= 0.3 is 0 Å². The fourth-order valence-corrected chi connectivity index (χ4v) is 3.59. The second kappa shape index (κ2) is 6.61. The van der Waals surface area contributed by atoms with Crippen LogP contribution in [-0.4, -0.2) is 29.8 Å². The molecule has 0 aromatic heterocycles. The molecule has 4 rings (SSSR count). The van der Waals surface area contributed by atoms with Gasteiger partial charge in [0.15, 0.2) is 11.6 Å². The highest BCUT2D eigenvalue weighted by atomic mass is 19.2. The highest BCUT2D eigenvalue weighted by molar-refractivity contribution is 6.45. The third-order valence-corrected chi connectivity index (χ3v) is 4.98. The molecule has 0 radical (unpaired) electrons. The van der Waals surface area contributed by atoms with Crippen LogP contribution in [0.3, 0.4) is 0 Å². The molecule has 1 fully saturated rings. The fourth-order valence-electron chi connectivity index (χ4n) is 3.59. The van der Waals surface area contributed by atoms with Crippen molar-refractivity contribution in [1.29, 1.82) is 0 Å². The van der Waals surface area contributed by atoms with Crippen LogP contribution in [-0.2, 0) is 9.59 Å². The lowest BCUT2D eigenvalue weighted by Gasteiger charge is -2.20. The molecular formula is C21H18F2N2O2. The van der Waals surface area contributed by atoms with Crippen LogP contribution in [0.25, 0.3) is 5.57 Å². The third-order valence-electron chi connectivity index (χ3n) is 4.98. The minimum absolute atomic E-state index is 0.0303. The number of likely N-dealkylation sites (tertiary alicyclic amines) is 1. The SMILES string of the molecule is Cc1ccc(C2=C(N3CCCC3)C(=O)N(c3ccc(F)c(F)c3)C2=O)cc1. The predicted octanol–water partition coefficient (Wildman–Crippen LogP) is 3.65. The summed E-state index contributed by atoms with van der Waals surface area (Å²) in [6.07, 6.45) is 1.88. The molecule has 0 spiro atoms. The van der Waals surface area contributed by atoms with Crippen molar-refractivity contribution in [2.24, 2.45) is 0 Å². The average Bonchev–Trinajstić information content (AvgIpc) is 3.25. The van der Waals surface area contributed by atoms with Gasteiger partial charge < -0.3 is 4.90 Å². The molecule has 0 unspecified atom stereocenters. The lowest BCUT2D eigenvalue weighted by molar-refractivity contribution is -0.120. The predicted molar refractivity (Wildman–Crippen MR) is 97.8 cm³/mol. The summed E-state index contributed by atoms with van der Waals surface area (Å²) >= 11 is 0. The number of aryl methyl sites for hydroxylation is 1. The number of hydrogen-bond acceptors (Lipinski definition) is 3. The van der Waals surface area contributed by atoms with Crippen LogP contribution in [0.2, 0.25) is 0 Å². The zero-order valence-electron chi connectivity index (χ0n) is 14.8. The number of hydrogen-bond donors (Lipinski definition) is 0. The van der Waals surface area contributed by atoms with Crippen LogP contribution in [0.1, 0.15) is 24.0 Å². The lowest BCUT2D eigenvalue weighted by Crippen LogP contribution is -2.34. The number of anilines is 1. The molecule has 0 N–H and O–H groups in total. The van der Waals surface area contributed by atoms with Crippen LogP contribution in [0.15, 0.2) is 48.2 Å². The van der Waals surface area contributed by atoms with Gasteiger partial charge in [0, 0.05) is 19.2 Å². The summed E-state index contributed by atoms with van der Waals surface area (Å²) in [4.78, 5) is 29.2. The second-order valence-corrected chi connectivity index (χ2v) is 6.83. The van der Waals surface area contributed by atoms with Crippen LogP contribution < -0.4 is 4.90 Å². The van der Waals surface area contributed by atoms with Crippen molar-refractivity contribution in [2.75, 3.05) is 18.0 Å². The molecule has 2 aliphatic rings. The summed E-state index contributed by atoms with van der Waals surface area (Å²) in [7, 11) is 0. The van der Waals surface area contributed by atoms with Gasteiger partial charge in [-0.25, -0.2) is 13.7 Å². The summed E-state index contributed by atoms with van der Waals surface area (Å²) in [6.45, 7) is 3.32. The van der Waals surface area contributed by atoms with Gasteiger partial charge in [-0.3, -0.25) is 9.59 Å². The number of amides is 2. The maximum atomic E-state index is 13.7. The zero-order valence-corrected chi connectivity index (χ0v) is 14.8. The number of halogens is 2. The summed E-state index contributed by atoms with van der Waals surface area (Å²) in [5, 5.41) is 0. The molecule has 27 heavy (non-hydrogen) atoms. The maximum Gasteiger partial charge on any atom is 0.282 e. The molecule has 2 aliphatic heterocycles. The Labute approximate surface area is 155 Å². The molecule has 2 aromatic rings. The van der Waals surface area contributed by atoms with E-state index in [2.05, 4.69) is 0 Å². The van der Waals surface area contributed by atoms with Crippen molar-refractivity contribution in [3.8, 4) is 0 Å². The topological polar surface area (TPSA) is 40.6 Å². The highest BCUT2D eigenvalue weighted by Crippen LogP contribution is 2.36. The van der Waals surface area contributed by atoms with Crippen molar-refractivity contribution < 1.29 is 18.4 Å². The van der Waals surface area contributed by atoms with E-state index in [1.807, 2.05) is 24.0 Å². The number of carbonyl (C=O) groups excluding carboxylic acids is 2. The van der Waals surface area contributed by atoms with E-state index >= 15 is 0 Å². The van der Waals surface area contributed by atoms with Gasteiger partial charge in [0.1, 0.15) is 5.70 Å².